The normalized spacial score (nSPS) is 11.3. The molecule has 0 saturated heterocycles. The topological polar surface area (TPSA) is 101 Å². The molecule has 0 atom stereocenters. The number of aromatic nitrogens is 2. The van der Waals surface area contributed by atoms with E-state index in [0.717, 1.165) is 21.8 Å². The second kappa shape index (κ2) is 6.72. The van der Waals surface area contributed by atoms with Crippen LogP contribution in [0.3, 0.4) is 0 Å². The number of aromatic amines is 1. The lowest BCUT2D eigenvalue weighted by Gasteiger charge is -2.02. The van der Waals surface area contributed by atoms with Crippen molar-refractivity contribution in [2.24, 2.45) is 0 Å². The van der Waals surface area contributed by atoms with Crippen molar-refractivity contribution in [1.29, 1.82) is 0 Å². The number of nitro groups is 1. The first-order chi connectivity index (χ1) is 13.1. The van der Waals surface area contributed by atoms with Crippen LogP contribution in [0.1, 0.15) is 5.69 Å². The van der Waals surface area contributed by atoms with E-state index in [0.29, 0.717) is 5.69 Å². The van der Waals surface area contributed by atoms with Gasteiger partial charge in [0.1, 0.15) is 5.69 Å². The summed E-state index contributed by atoms with van der Waals surface area (Å²) in [7, 11) is 0. The van der Waals surface area contributed by atoms with Crippen molar-refractivity contribution in [1.82, 2.24) is 9.97 Å². The van der Waals surface area contributed by atoms with Crippen LogP contribution < -0.4 is 5.32 Å². The average molecular weight is 358 g/mol. The maximum absolute atomic E-state index is 12.1. The van der Waals surface area contributed by atoms with Crippen molar-refractivity contribution in [3.63, 3.8) is 0 Å². The lowest BCUT2D eigenvalue weighted by molar-refractivity contribution is -0.383. The molecule has 7 nitrogen and oxygen atoms in total. The number of carbonyl (C=O) groups is 1. The van der Waals surface area contributed by atoms with Crippen LogP contribution in [0.4, 0.5) is 11.4 Å². The molecule has 0 aliphatic heterocycles. The van der Waals surface area contributed by atoms with Gasteiger partial charge in [0.15, 0.2) is 0 Å². The lowest BCUT2D eigenvalue weighted by Crippen LogP contribution is -2.09. The fourth-order valence-electron chi connectivity index (χ4n) is 2.93. The van der Waals surface area contributed by atoms with Crippen molar-refractivity contribution in [3.05, 3.63) is 82.7 Å². The molecule has 0 bridgehead atoms. The summed E-state index contributed by atoms with van der Waals surface area (Å²) in [6.45, 7) is 0. The van der Waals surface area contributed by atoms with E-state index in [1.165, 1.54) is 18.2 Å². The number of nitrogens with zero attached hydrogens (tertiary/aromatic N) is 2. The number of hydrogen-bond donors (Lipinski definition) is 2. The highest BCUT2D eigenvalue weighted by Crippen LogP contribution is 2.25. The van der Waals surface area contributed by atoms with Gasteiger partial charge in [0.2, 0.25) is 5.91 Å². The Labute approximate surface area is 153 Å². The second-order valence-corrected chi connectivity index (χ2v) is 5.92. The van der Waals surface area contributed by atoms with Crippen molar-refractivity contribution >= 4 is 45.2 Å². The van der Waals surface area contributed by atoms with Crippen LogP contribution in [-0.2, 0) is 4.79 Å². The molecular weight excluding hydrogens is 344 g/mol. The van der Waals surface area contributed by atoms with Gasteiger partial charge in [0.05, 0.1) is 22.3 Å². The van der Waals surface area contributed by atoms with E-state index >= 15 is 0 Å². The number of nitro benzene ring substituents is 1. The van der Waals surface area contributed by atoms with Crippen molar-refractivity contribution in [3.8, 4) is 0 Å². The molecule has 132 valence electrons. The number of amides is 1. The Morgan fingerprint density at radius 2 is 1.85 bits per heavy atom. The Morgan fingerprint density at radius 3 is 2.70 bits per heavy atom. The van der Waals surface area contributed by atoms with Crippen LogP contribution in [0.2, 0.25) is 0 Å². The van der Waals surface area contributed by atoms with Gasteiger partial charge in [-0.25, -0.2) is 0 Å². The molecule has 4 aromatic rings. The highest BCUT2D eigenvalue weighted by atomic mass is 16.6. The van der Waals surface area contributed by atoms with Crippen LogP contribution in [0.15, 0.2) is 66.9 Å². The van der Waals surface area contributed by atoms with E-state index < -0.39 is 10.8 Å². The molecule has 4 rings (SSSR count). The third-order valence-electron chi connectivity index (χ3n) is 4.18. The van der Waals surface area contributed by atoms with Gasteiger partial charge < -0.3 is 10.3 Å². The summed E-state index contributed by atoms with van der Waals surface area (Å²) in [5.74, 6) is -0.467. The molecule has 0 radical (unpaired) electrons. The van der Waals surface area contributed by atoms with Crippen LogP contribution in [-0.4, -0.2) is 20.8 Å². The first kappa shape index (κ1) is 16.5. The minimum absolute atomic E-state index is 0.150. The molecule has 7 heteroatoms. The van der Waals surface area contributed by atoms with Crippen molar-refractivity contribution < 1.29 is 9.72 Å². The number of hydrogen-bond acceptors (Lipinski definition) is 4. The molecule has 2 heterocycles. The zero-order valence-electron chi connectivity index (χ0n) is 14.0. The van der Waals surface area contributed by atoms with Gasteiger partial charge >= 0.3 is 0 Å². The van der Waals surface area contributed by atoms with E-state index in [-0.39, 0.29) is 11.4 Å². The quantitative estimate of drug-likeness (QED) is 0.323. The van der Waals surface area contributed by atoms with E-state index in [9.17, 15) is 14.9 Å². The number of anilines is 1. The third kappa shape index (κ3) is 3.25. The average Bonchev–Trinajstić information content (AvgIpc) is 3.04. The Hall–Kier alpha value is -4.00. The van der Waals surface area contributed by atoms with Crippen LogP contribution in [0.5, 0.6) is 0 Å². The first-order valence-corrected chi connectivity index (χ1v) is 8.21. The van der Waals surface area contributed by atoms with Gasteiger partial charge in [-0.15, -0.1) is 0 Å². The highest BCUT2D eigenvalue weighted by molar-refractivity contribution is 6.08. The first-order valence-electron chi connectivity index (χ1n) is 8.21. The summed E-state index contributed by atoms with van der Waals surface area (Å²) in [6, 6.07) is 15.8. The predicted molar refractivity (Wildman–Crippen MR) is 104 cm³/mol. The molecule has 0 spiro atoms. The SMILES string of the molecule is O=C(/C=C/c1cc2c(cn1)[nH]c1ccccc12)Nc1ccccc1[N+](=O)[O-]. The number of rotatable bonds is 4. The monoisotopic (exact) mass is 358 g/mol. The fraction of sp³-hybridized carbons (Fsp3) is 0. The Morgan fingerprint density at radius 1 is 1.07 bits per heavy atom. The number of H-pyrrole nitrogens is 1. The molecule has 0 aliphatic rings. The maximum atomic E-state index is 12.1. The van der Waals surface area contributed by atoms with E-state index in [1.807, 2.05) is 30.3 Å². The maximum Gasteiger partial charge on any atom is 0.292 e. The van der Waals surface area contributed by atoms with Gasteiger partial charge in [-0.3, -0.25) is 19.9 Å². The number of carbonyl (C=O) groups excluding carboxylic acids is 1. The van der Waals surface area contributed by atoms with Gasteiger partial charge in [0, 0.05) is 28.4 Å². The lowest BCUT2D eigenvalue weighted by atomic mass is 10.1. The molecule has 0 saturated carbocycles. The number of pyridine rings is 1. The highest BCUT2D eigenvalue weighted by Gasteiger charge is 2.13. The molecule has 27 heavy (non-hydrogen) atoms. The largest absolute Gasteiger partial charge is 0.353 e. The number of para-hydroxylation sites is 3. The minimum Gasteiger partial charge on any atom is -0.353 e. The Kier molecular flexibility index (Phi) is 4.10. The molecule has 0 unspecified atom stereocenters. The Balaban J connectivity index is 1.58. The summed E-state index contributed by atoms with van der Waals surface area (Å²) < 4.78 is 0. The summed E-state index contributed by atoms with van der Waals surface area (Å²) >= 11 is 0. The van der Waals surface area contributed by atoms with Gasteiger partial charge in [-0.05, 0) is 24.3 Å². The molecule has 1 amide bonds. The number of fused-ring (bicyclic) bond motifs is 3. The van der Waals surface area contributed by atoms with E-state index in [2.05, 4.69) is 15.3 Å². The predicted octanol–water partition coefficient (Wildman–Crippen LogP) is 4.28. The second-order valence-electron chi connectivity index (χ2n) is 5.92. The zero-order valence-corrected chi connectivity index (χ0v) is 14.0. The van der Waals surface area contributed by atoms with Gasteiger partial charge in [-0.2, -0.15) is 0 Å². The van der Waals surface area contributed by atoms with Crippen molar-refractivity contribution in [2.75, 3.05) is 5.32 Å². The van der Waals surface area contributed by atoms with E-state index in [1.54, 1.807) is 24.4 Å². The summed E-state index contributed by atoms with van der Waals surface area (Å²) in [5.41, 5.74) is 2.54. The van der Waals surface area contributed by atoms with Gasteiger partial charge in [-0.1, -0.05) is 30.3 Å². The third-order valence-corrected chi connectivity index (χ3v) is 4.18. The molecule has 2 N–H and O–H groups in total. The van der Waals surface area contributed by atoms with Crippen molar-refractivity contribution in [2.45, 2.75) is 0 Å². The fourth-order valence-corrected chi connectivity index (χ4v) is 2.93. The molecule has 2 aromatic heterocycles. The summed E-state index contributed by atoms with van der Waals surface area (Å²) in [4.78, 5) is 30.2. The number of nitrogens with one attached hydrogen (secondary N) is 2. The van der Waals surface area contributed by atoms with E-state index in [4.69, 9.17) is 0 Å². The molecular formula is C20H14N4O3. The number of benzene rings is 2. The minimum atomic E-state index is -0.536. The standard InChI is InChI=1S/C20H14N4O3/c25-20(23-17-7-3-4-8-19(17)24(26)27)10-9-13-11-15-14-5-1-2-6-16(14)22-18(15)12-21-13/h1-12,22H,(H,23,25)/b10-9+. The Bertz CT molecular complexity index is 1210. The van der Waals surface area contributed by atoms with Gasteiger partial charge in [0.25, 0.3) is 5.69 Å². The smallest absolute Gasteiger partial charge is 0.292 e. The molecule has 2 aromatic carbocycles. The molecule has 0 fully saturated rings. The van der Waals surface area contributed by atoms with Crippen LogP contribution >= 0.6 is 0 Å². The van der Waals surface area contributed by atoms with Crippen LogP contribution in [0, 0.1) is 10.1 Å². The summed E-state index contributed by atoms with van der Waals surface area (Å²) in [5, 5.41) is 15.6. The zero-order chi connectivity index (χ0) is 18.8. The summed E-state index contributed by atoms with van der Waals surface area (Å²) in [6.07, 6.45) is 4.60. The molecule has 0 aliphatic carbocycles. The van der Waals surface area contributed by atoms with Crippen LogP contribution in [0.25, 0.3) is 27.9 Å².